The molecule has 0 fully saturated rings. The fourth-order valence-corrected chi connectivity index (χ4v) is 2.43. The molecule has 5 nitrogen and oxygen atoms in total. The second-order valence-corrected chi connectivity index (χ2v) is 5.00. The van der Waals surface area contributed by atoms with Crippen LogP contribution in [0.1, 0.15) is 31.4 Å². The van der Waals surface area contributed by atoms with Gasteiger partial charge in [-0.15, -0.1) is 0 Å². The van der Waals surface area contributed by atoms with E-state index in [4.69, 9.17) is 0 Å². The van der Waals surface area contributed by atoms with Crippen molar-refractivity contribution in [2.45, 2.75) is 25.8 Å². The molecule has 0 saturated carbocycles. The summed E-state index contributed by atoms with van der Waals surface area (Å²) in [5.74, 6) is -2.25. The molecule has 1 heterocycles. The van der Waals surface area contributed by atoms with Gasteiger partial charge in [0.25, 0.3) is 0 Å². The van der Waals surface area contributed by atoms with Gasteiger partial charge in [-0.2, -0.15) is 0 Å². The highest BCUT2D eigenvalue weighted by molar-refractivity contribution is 5.85. The summed E-state index contributed by atoms with van der Waals surface area (Å²) < 4.78 is 0. The van der Waals surface area contributed by atoms with E-state index in [0.717, 1.165) is 5.56 Å². The third-order valence-electron chi connectivity index (χ3n) is 3.65. The van der Waals surface area contributed by atoms with E-state index in [1.54, 1.807) is 12.4 Å². The molecule has 2 rings (SSSR count). The monoisotopic (exact) mass is 274 g/mol. The number of pyridine rings is 1. The van der Waals surface area contributed by atoms with Crippen molar-refractivity contribution in [3.05, 3.63) is 42.2 Å². The molecule has 3 atom stereocenters. The molecule has 0 aromatic carbocycles. The summed E-state index contributed by atoms with van der Waals surface area (Å²) in [7, 11) is 0. The number of hydrogen-bond acceptors (Lipinski definition) is 3. The lowest BCUT2D eigenvalue weighted by Gasteiger charge is -2.26. The van der Waals surface area contributed by atoms with Crippen LogP contribution in [0, 0.1) is 11.8 Å². The predicted octanol–water partition coefficient (Wildman–Crippen LogP) is 1.93. The van der Waals surface area contributed by atoms with Crippen molar-refractivity contribution in [1.82, 2.24) is 10.3 Å². The Morgan fingerprint density at radius 2 is 1.85 bits per heavy atom. The quantitative estimate of drug-likeness (QED) is 0.822. The summed E-state index contributed by atoms with van der Waals surface area (Å²) in [6.45, 7) is 1.88. The van der Waals surface area contributed by atoms with E-state index in [2.05, 4.69) is 10.3 Å². The van der Waals surface area contributed by atoms with Gasteiger partial charge in [-0.1, -0.05) is 12.2 Å². The smallest absolute Gasteiger partial charge is 0.307 e. The van der Waals surface area contributed by atoms with Gasteiger partial charge in [-0.3, -0.25) is 14.6 Å². The van der Waals surface area contributed by atoms with Crippen molar-refractivity contribution in [3.63, 3.8) is 0 Å². The maximum absolute atomic E-state index is 12.3. The number of nitrogens with one attached hydrogen (secondary N) is 1. The molecule has 106 valence electrons. The fraction of sp³-hybridized carbons (Fsp3) is 0.400. The highest BCUT2D eigenvalue weighted by Gasteiger charge is 2.34. The van der Waals surface area contributed by atoms with Crippen LogP contribution in [0.3, 0.4) is 0 Å². The van der Waals surface area contributed by atoms with Crippen LogP contribution in [0.4, 0.5) is 0 Å². The van der Waals surface area contributed by atoms with Crippen LogP contribution in [0.25, 0.3) is 0 Å². The third-order valence-corrected chi connectivity index (χ3v) is 3.65. The first kappa shape index (κ1) is 14.2. The van der Waals surface area contributed by atoms with E-state index in [-0.39, 0.29) is 11.9 Å². The molecular weight excluding hydrogens is 256 g/mol. The lowest BCUT2D eigenvalue weighted by Crippen LogP contribution is -2.39. The van der Waals surface area contributed by atoms with Crippen LogP contribution in [0.5, 0.6) is 0 Å². The molecule has 5 heteroatoms. The molecule has 1 amide bonds. The Labute approximate surface area is 117 Å². The highest BCUT2D eigenvalue weighted by Crippen LogP contribution is 2.26. The predicted molar refractivity (Wildman–Crippen MR) is 73.8 cm³/mol. The van der Waals surface area contributed by atoms with Gasteiger partial charge in [0.2, 0.25) is 5.91 Å². The van der Waals surface area contributed by atoms with Gasteiger partial charge in [0.05, 0.1) is 17.9 Å². The number of carbonyl (C=O) groups is 2. The van der Waals surface area contributed by atoms with Crippen molar-refractivity contribution < 1.29 is 14.7 Å². The Balaban J connectivity index is 2.04. The number of nitrogens with zero attached hydrogens (tertiary/aromatic N) is 1. The van der Waals surface area contributed by atoms with E-state index in [1.165, 1.54) is 0 Å². The van der Waals surface area contributed by atoms with E-state index in [9.17, 15) is 14.7 Å². The van der Waals surface area contributed by atoms with E-state index < -0.39 is 17.8 Å². The zero-order valence-corrected chi connectivity index (χ0v) is 11.3. The largest absolute Gasteiger partial charge is 0.481 e. The summed E-state index contributed by atoms with van der Waals surface area (Å²) in [6.07, 6.45) is 7.93. The number of carboxylic acids is 1. The van der Waals surface area contributed by atoms with Gasteiger partial charge < -0.3 is 10.4 Å². The number of aromatic nitrogens is 1. The first-order valence-corrected chi connectivity index (χ1v) is 6.67. The van der Waals surface area contributed by atoms with Gasteiger partial charge >= 0.3 is 5.97 Å². The molecular formula is C15H18N2O3. The number of carbonyl (C=O) groups excluding carboxylic acids is 1. The second kappa shape index (κ2) is 6.32. The number of rotatable bonds is 4. The van der Waals surface area contributed by atoms with Crippen molar-refractivity contribution in [3.8, 4) is 0 Å². The Morgan fingerprint density at radius 3 is 2.45 bits per heavy atom. The first-order valence-electron chi connectivity index (χ1n) is 6.67. The standard InChI is InChI=1S/C15H18N2O3/c1-10(11-6-8-16-9-7-11)17-14(18)12-4-2-3-5-13(12)15(19)20/h2-3,6-10,12-13H,4-5H2,1H3,(H,17,18)(H,19,20)/t10-,12+,13-/m0/s1. The van der Waals surface area contributed by atoms with Gasteiger partial charge in [0, 0.05) is 12.4 Å². The molecule has 0 spiro atoms. The fourth-order valence-electron chi connectivity index (χ4n) is 2.43. The molecule has 0 unspecified atom stereocenters. The molecule has 0 radical (unpaired) electrons. The first-order chi connectivity index (χ1) is 9.59. The van der Waals surface area contributed by atoms with Gasteiger partial charge in [0.1, 0.15) is 0 Å². The number of hydrogen-bond donors (Lipinski definition) is 2. The number of aliphatic carboxylic acids is 1. The van der Waals surface area contributed by atoms with Gasteiger partial charge in [-0.25, -0.2) is 0 Å². The summed E-state index contributed by atoms with van der Waals surface area (Å²) in [5.41, 5.74) is 0.951. The van der Waals surface area contributed by atoms with E-state index in [1.807, 2.05) is 31.2 Å². The lowest BCUT2D eigenvalue weighted by molar-refractivity contribution is -0.147. The van der Waals surface area contributed by atoms with Crippen LogP contribution < -0.4 is 5.32 Å². The Hall–Kier alpha value is -2.17. The van der Waals surface area contributed by atoms with Crippen molar-refractivity contribution in [1.29, 1.82) is 0 Å². The van der Waals surface area contributed by atoms with Crippen molar-refractivity contribution in [2.24, 2.45) is 11.8 Å². The van der Waals surface area contributed by atoms with Crippen LogP contribution in [-0.4, -0.2) is 22.0 Å². The van der Waals surface area contributed by atoms with Crippen molar-refractivity contribution >= 4 is 11.9 Å². The average molecular weight is 274 g/mol. The Bertz CT molecular complexity index is 513. The van der Waals surface area contributed by atoms with E-state index in [0.29, 0.717) is 12.8 Å². The SMILES string of the molecule is C[C@H](NC(=O)[C@@H]1CC=CC[C@@H]1C(=O)O)c1ccncc1. The average Bonchev–Trinajstić information content (AvgIpc) is 2.48. The zero-order chi connectivity index (χ0) is 14.5. The van der Waals surface area contributed by atoms with Gasteiger partial charge in [0.15, 0.2) is 0 Å². The van der Waals surface area contributed by atoms with Crippen LogP contribution in [-0.2, 0) is 9.59 Å². The number of amides is 1. The maximum Gasteiger partial charge on any atom is 0.307 e. The Morgan fingerprint density at radius 1 is 1.25 bits per heavy atom. The topological polar surface area (TPSA) is 79.3 Å². The summed E-state index contributed by atoms with van der Waals surface area (Å²) in [5, 5.41) is 12.1. The minimum atomic E-state index is -0.911. The lowest BCUT2D eigenvalue weighted by atomic mass is 9.82. The number of carboxylic acid groups (broad SMARTS) is 1. The normalized spacial score (nSPS) is 23.1. The summed E-state index contributed by atoms with van der Waals surface area (Å²) in [4.78, 5) is 27.4. The molecule has 2 N–H and O–H groups in total. The molecule has 1 aliphatic rings. The summed E-state index contributed by atoms with van der Waals surface area (Å²) >= 11 is 0. The molecule has 20 heavy (non-hydrogen) atoms. The van der Waals surface area contributed by atoms with Crippen molar-refractivity contribution in [2.75, 3.05) is 0 Å². The number of allylic oxidation sites excluding steroid dienone is 2. The zero-order valence-electron chi connectivity index (χ0n) is 11.3. The molecule has 1 aliphatic carbocycles. The van der Waals surface area contributed by atoms with Gasteiger partial charge in [-0.05, 0) is 37.5 Å². The Kier molecular flexibility index (Phi) is 4.50. The molecule has 0 saturated heterocycles. The molecule has 1 aromatic heterocycles. The molecule has 0 bridgehead atoms. The maximum atomic E-state index is 12.3. The third kappa shape index (κ3) is 3.23. The van der Waals surface area contributed by atoms with Crippen LogP contribution in [0.2, 0.25) is 0 Å². The summed E-state index contributed by atoms with van der Waals surface area (Å²) in [6, 6.07) is 3.51. The second-order valence-electron chi connectivity index (χ2n) is 5.00. The van der Waals surface area contributed by atoms with Crippen LogP contribution in [0.15, 0.2) is 36.7 Å². The molecule has 0 aliphatic heterocycles. The van der Waals surface area contributed by atoms with E-state index >= 15 is 0 Å². The molecule has 1 aromatic rings. The highest BCUT2D eigenvalue weighted by atomic mass is 16.4. The minimum Gasteiger partial charge on any atom is -0.481 e. The van der Waals surface area contributed by atoms with Crippen LogP contribution >= 0.6 is 0 Å². The minimum absolute atomic E-state index is 0.161.